The minimum Gasteiger partial charge on any atom is -0.322 e. The van der Waals surface area contributed by atoms with Gasteiger partial charge >= 0.3 is 0 Å². The summed E-state index contributed by atoms with van der Waals surface area (Å²) < 4.78 is 1.14. The van der Waals surface area contributed by atoms with E-state index in [4.69, 9.17) is 0 Å². The van der Waals surface area contributed by atoms with E-state index in [1.165, 1.54) is 0 Å². The first-order valence-electron chi connectivity index (χ1n) is 5.96. The molecule has 2 rings (SSSR count). The molecule has 0 saturated heterocycles. The lowest BCUT2D eigenvalue weighted by molar-refractivity contribution is -0.111. The van der Waals surface area contributed by atoms with Crippen molar-refractivity contribution >= 4 is 40.3 Å². The van der Waals surface area contributed by atoms with E-state index in [2.05, 4.69) is 27.9 Å². The van der Waals surface area contributed by atoms with Crippen LogP contribution < -0.4 is 5.32 Å². The summed E-state index contributed by atoms with van der Waals surface area (Å²) in [7, 11) is 0. The van der Waals surface area contributed by atoms with Gasteiger partial charge in [0.25, 0.3) is 0 Å². The molecule has 0 unspecified atom stereocenters. The third-order valence-electron chi connectivity index (χ3n) is 2.75. The Labute approximate surface area is 126 Å². The quantitative estimate of drug-likeness (QED) is 0.641. The van der Waals surface area contributed by atoms with Crippen molar-refractivity contribution in [3.05, 3.63) is 69.3 Å². The fourth-order valence-electron chi connectivity index (χ4n) is 1.65. The van der Waals surface area contributed by atoms with Crippen LogP contribution in [-0.4, -0.2) is 5.91 Å². The Morgan fingerprint density at radius 1 is 1.11 bits per heavy atom. The predicted octanol–water partition coefficient (Wildman–Crippen LogP) is 4.25. The summed E-state index contributed by atoms with van der Waals surface area (Å²) in [5, 5.41) is 2.89. The molecule has 0 aliphatic heterocycles. The third kappa shape index (κ3) is 3.92. The zero-order chi connectivity index (χ0) is 13.7. The Morgan fingerprint density at radius 2 is 1.84 bits per heavy atom. The van der Waals surface area contributed by atoms with Gasteiger partial charge in [-0.15, -0.1) is 0 Å². The second kappa shape index (κ2) is 6.52. The average Bonchev–Trinajstić information content (AvgIpc) is 2.43. The fourth-order valence-corrected chi connectivity index (χ4v) is 2.15. The average molecular weight is 363 g/mol. The fraction of sp³-hybridized carbons (Fsp3) is 0.0625. The molecule has 19 heavy (non-hydrogen) atoms. The van der Waals surface area contributed by atoms with Gasteiger partial charge < -0.3 is 5.32 Å². The number of carbonyl (C=O) groups excluding carboxylic acids is 1. The zero-order valence-electron chi connectivity index (χ0n) is 10.6. The standard InChI is InChI=1S/C16H14INO/c1-12-14(17)8-5-9-15(12)18-16(19)11-10-13-6-3-2-4-7-13/h2-11H,1H3,(H,18,19)/b11-10+. The van der Waals surface area contributed by atoms with Crippen LogP contribution in [0.3, 0.4) is 0 Å². The molecule has 3 heteroatoms. The maximum atomic E-state index is 11.8. The van der Waals surface area contributed by atoms with E-state index in [-0.39, 0.29) is 5.91 Å². The van der Waals surface area contributed by atoms with Crippen LogP contribution in [0.1, 0.15) is 11.1 Å². The number of halogens is 1. The van der Waals surface area contributed by atoms with E-state index >= 15 is 0 Å². The minimum absolute atomic E-state index is 0.117. The van der Waals surface area contributed by atoms with Gasteiger partial charge in [0.15, 0.2) is 0 Å². The van der Waals surface area contributed by atoms with E-state index in [0.717, 1.165) is 20.4 Å². The zero-order valence-corrected chi connectivity index (χ0v) is 12.7. The minimum atomic E-state index is -0.117. The van der Waals surface area contributed by atoms with Crippen LogP contribution in [0, 0.1) is 10.5 Å². The van der Waals surface area contributed by atoms with Gasteiger partial charge in [-0.25, -0.2) is 0 Å². The van der Waals surface area contributed by atoms with Crippen LogP contribution in [0.2, 0.25) is 0 Å². The van der Waals surface area contributed by atoms with Gasteiger partial charge in [-0.1, -0.05) is 36.4 Å². The highest BCUT2D eigenvalue weighted by Crippen LogP contribution is 2.20. The van der Waals surface area contributed by atoms with Crippen LogP contribution >= 0.6 is 22.6 Å². The van der Waals surface area contributed by atoms with Crippen molar-refractivity contribution in [2.45, 2.75) is 6.92 Å². The van der Waals surface area contributed by atoms with E-state index in [1.807, 2.05) is 55.5 Å². The molecule has 2 nitrogen and oxygen atoms in total. The van der Waals surface area contributed by atoms with Crippen molar-refractivity contribution in [1.82, 2.24) is 0 Å². The molecule has 0 aliphatic rings. The highest BCUT2D eigenvalue weighted by atomic mass is 127. The van der Waals surface area contributed by atoms with Crippen LogP contribution in [0.25, 0.3) is 6.08 Å². The van der Waals surface area contributed by atoms with Gasteiger partial charge in [0.05, 0.1) is 0 Å². The normalized spacial score (nSPS) is 10.6. The molecule has 0 spiro atoms. The number of nitrogens with one attached hydrogen (secondary N) is 1. The topological polar surface area (TPSA) is 29.1 Å². The third-order valence-corrected chi connectivity index (χ3v) is 3.92. The first-order valence-corrected chi connectivity index (χ1v) is 7.04. The Hall–Kier alpha value is -1.62. The van der Waals surface area contributed by atoms with Crippen LogP contribution in [0.5, 0.6) is 0 Å². The number of benzene rings is 2. The molecule has 0 saturated carbocycles. The van der Waals surface area contributed by atoms with Crippen molar-refractivity contribution in [2.24, 2.45) is 0 Å². The molecular formula is C16H14INO. The molecule has 0 aromatic heterocycles. The summed E-state index contributed by atoms with van der Waals surface area (Å²) in [6, 6.07) is 15.6. The lowest BCUT2D eigenvalue weighted by Gasteiger charge is -2.07. The second-order valence-electron chi connectivity index (χ2n) is 4.15. The number of amides is 1. The second-order valence-corrected chi connectivity index (χ2v) is 5.31. The van der Waals surface area contributed by atoms with Crippen molar-refractivity contribution in [3.63, 3.8) is 0 Å². The van der Waals surface area contributed by atoms with Crippen LogP contribution in [0.15, 0.2) is 54.6 Å². The van der Waals surface area contributed by atoms with Crippen LogP contribution in [-0.2, 0) is 4.79 Å². The van der Waals surface area contributed by atoms with Gasteiger partial charge in [0, 0.05) is 15.3 Å². The predicted molar refractivity (Wildman–Crippen MR) is 88.0 cm³/mol. The van der Waals surface area contributed by atoms with Crippen molar-refractivity contribution in [3.8, 4) is 0 Å². The number of carbonyl (C=O) groups is 1. The van der Waals surface area contributed by atoms with Gasteiger partial charge in [0.1, 0.15) is 0 Å². The highest BCUT2D eigenvalue weighted by Gasteiger charge is 2.03. The molecule has 0 heterocycles. The van der Waals surface area contributed by atoms with Gasteiger partial charge in [-0.2, -0.15) is 0 Å². The molecule has 0 radical (unpaired) electrons. The van der Waals surface area contributed by atoms with Crippen molar-refractivity contribution in [2.75, 3.05) is 5.32 Å². The summed E-state index contributed by atoms with van der Waals surface area (Å²) in [6.07, 6.45) is 3.35. The first-order chi connectivity index (χ1) is 9.16. The molecule has 2 aromatic rings. The molecule has 2 aromatic carbocycles. The van der Waals surface area contributed by atoms with Crippen LogP contribution in [0.4, 0.5) is 5.69 Å². The van der Waals surface area contributed by atoms with Gasteiger partial charge in [-0.3, -0.25) is 4.79 Å². The molecule has 0 aliphatic carbocycles. The molecule has 0 fully saturated rings. The highest BCUT2D eigenvalue weighted by molar-refractivity contribution is 14.1. The van der Waals surface area contributed by atoms with Gasteiger partial charge in [0.2, 0.25) is 5.91 Å². The first kappa shape index (κ1) is 13.8. The maximum Gasteiger partial charge on any atom is 0.248 e. The summed E-state index contributed by atoms with van der Waals surface area (Å²) in [4.78, 5) is 11.8. The van der Waals surface area contributed by atoms with Gasteiger partial charge in [-0.05, 0) is 58.9 Å². The van der Waals surface area contributed by atoms with Crippen molar-refractivity contribution in [1.29, 1.82) is 0 Å². The molecule has 1 N–H and O–H groups in total. The Morgan fingerprint density at radius 3 is 2.58 bits per heavy atom. The van der Waals surface area contributed by atoms with Crippen molar-refractivity contribution < 1.29 is 4.79 Å². The van der Waals surface area contributed by atoms with E-state index in [0.29, 0.717) is 0 Å². The number of rotatable bonds is 3. The molecule has 0 bridgehead atoms. The number of anilines is 1. The molecule has 0 atom stereocenters. The van der Waals surface area contributed by atoms with E-state index in [9.17, 15) is 4.79 Å². The molecule has 96 valence electrons. The number of hydrogen-bond acceptors (Lipinski definition) is 1. The summed E-state index contributed by atoms with van der Waals surface area (Å²) in [6.45, 7) is 2.00. The monoisotopic (exact) mass is 363 g/mol. The van der Waals surface area contributed by atoms with E-state index in [1.54, 1.807) is 12.2 Å². The molecular weight excluding hydrogens is 349 g/mol. The smallest absolute Gasteiger partial charge is 0.248 e. The SMILES string of the molecule is Cc1c(I)cccc1NC(=O)/C=C/c1ccccc1. The Balaban J connectivity index is 2.06. The summed E-state index contributed by atoms with van der Waals surface area (Å²) >= 11 is 2.26. The lowest BCUT2D eigenvalue weighted by Crippen LogP contribution is -2.09. The lowest BCUT2D eigenvalue weighted by atomic mass is 10.2. The Kier molecular flexibility index (Phi) is 4.74. The summed E-state index contributed by atoms with van der Waals surface area (Å²) in [5.41, 5.74) is 2.95. The summed E-state index contributed by atoms with van der Waals surface area (Å²) in [5.74, 6) is -0.117. The largest absolute Gasteiger partial charge is 0.322 e. The molecule has 1 amide bonds. The maximum absolute atomic E-state index is 11.8. The Bertz CT molecular complexity index is 605. The number of hydrogen-bond donors (Lipinski definition) is 1. The van der Waals surface area contributed by atoms with E-state index < -0.39 is 0 Å².